The average molecular weight is 221 g/mol. The van der Waals surface area contributed by atoms with Crippen LogP contribution >= 0.6 is 0 Å². The largest absolute Gasteiger partial charge is 0.388 e. The minimum atomic E-state index is 0.988. The van der Waals surface area contributed by atoms with Gasteiger partial charge in [0.25, 0.3) is 0 Å². The molecule has 0 unspecified atom stereocenters. The van der Waals surface area contributed by atoms with Gasteiger partial charge in [-0.05, 0) is 25.2 Å². The first kappa shape index (κ1) is 13.0. The zero-order valence-electron chi connectivity index (χ0n) is 10.6. The molecule has 0 saturated carbocycles. The molecule has 1 aromatic carbocycles. The molecule has 0 aromatic heterocycles. The van der Waals surface area contributed by atoms with Gasteiger partial charge in [0.1, 0.15) is 0 Å². The van der Waals surface area contributed by atoms with Gasteiger partial charge in [0, 0.05) is 32.4 Å². The highest BCUT2D eigenvalue weighted by molar-refractivity contribution is 5.50. The van der Waals surface area contributed by atoms with Crippen LogP contribution in [0.4, 0.5) is 5.69 Å². The Morgan fingerprint density at radius 1 is 1.25 bits per heavy atom. The molecule has 0 atom stereocenters. The van der Waals surface area contributed by atoms with E-state index in [9.17, 15) is 0 Å². The third-order valence-corrected chi connectivity index (χ3v) is 2.65. The lowest BCUT2D eigenvalue weighted by molar-refractivity contribution is 0.326. The van der Waals surface area contributed by atoms with Crippen molar-refractivity contribution in [3.05, 3.63) is 29.8 Å². The van der Waals surface area contributed by atoms with E-state index in [4.69, 9.17) is 0 Å². The molecule has 16 heavy (non-hydrogen) atoms. The van der Waals surface area contributed by atoms with Crippen molar-refractivity contribution in [2.24, 2.45) is 0 Å². The van der Waals surface area contributed by atoms with E-state index >= 15 is 0 Å². The van der Waals surface area contributed by atoms with Crippen LogP contribution in [0.5, 0.6) is 0 Å². The van der Waals surface area contributed by atoms with E-state index < -0.39 is 0 Å². The van der Waals surface area contributed by atoms with Gasteiger partial charge in [-0.15, -0.1) is 0 Å². The van der Waals surface area contributed by atoms with Gasteiger partial charge < -0.3 is 15.5 Å². The van der Waals surface area contributed by atoms with E-state index in [1.165, 1.54) is 11.3 Å². The third kappa shape index (κ3) is 4.21. The maximum Gasteiger partial charge on any atom is 0.0383 e. The Labute approximate surface area is 98.8 Å². The lowest BCUT2D eigenvalue weighted by atomic mass is 10.1. The van der Waals surface area contributed by atoms with Gasteiger partial charge in [-0.1, -0.05) is 25.1 Å². The first-order valence-electron chi connectivity index (χ1n) is 5.92. The van der Waals surface area contributed by atoms with Crippen LogP contribution in [0.15, 0.2) is 24.3 Å². The molecule has 0 aliphatic carbocycles. The molecular weight excluding hydrogens is 198 g/mol. The molecular formula is C13H23N3. The Kier molecular flexibility index (Phi) is 5.90. The molecule has 1 rings (SSSR count). The van der Waals surface area contributed by atoms with Crippen LogP contribution in [0, 0.1) is 0 Å². The first-order chi connectivity index (χ1) is 7.77. The monoisotopic (exact) mass is 221 g/mol. The van der Waals surface area contributed by atoms with E-state index in [1.807, 2.05) is 7.05 Å². The number of rotatable bonds is 7. The standard InChI is InChI=1S/C13H23N3/c1-4-15-9-10-16(3)11-12-7-5-6-8-13(12)14-2/h5-8,14-15H,4,9-11H2,1-3H3. The molecule has 0 radical (unpaired) electrons. The van der Waals surface area contributed by atoms with E-state index in [1.54, 1.807) is 0 Å². The zero-order chi connectivity index (χ0) is 11.8. The molecule has 1 aromatic rings. The smallest absolute Gasteiger partial charge is 0.0383 e. The predicted octanol–water partition coefficient (Wildman–Crippen LogP) is 1.77. The summed E-state index contributed by atoms with van der Waals surface area (Å²) in [6, 6.07) is 8.45. The fourth-order valence-corrected chi connectivity index (χ4v) is 1.72. The minimum Gasteiger partial charge on any atom is -0.388 e. The molecule has 0 amide bonds. The second-order valence-corrected chi connectivity index (χ2v) is 4.00. The summed E-state index contributed by atoms with van der Waals surface area (Å²) in [7, 11) is 4.13. The molecule has 0 spiro atoms. The van der Waals surface area contributed by atoms with Crippen LogP contribution in [-0.4, -0.2) is 38.6 Å². The van der Waals surface area contributed by atoms with Crippen LogP contribution in [0.3, 0.4) is 0 Å². The van der Waals surface area contributed by atoms with Crippen LogP contribution < -0.4 is 10.6 Å². The Morgan fingerprint density at radius 2 is 2.00 bits per heavy atom. The Hall–Kier alpha value is -1.06. The molecule has 3 heteroatoms. The highest BCUT2D eigenvalue weighted by Crippen LogP contribution is 2.15. The van der Waals surface area contributed by atoms with Gasteiger partial charge in [-0.2, -0.15) is 0 Å². The van der Waals surface area contributed by atoms with Crippen LogP contribution in [0.1, 0.15) is 12.5 Å². The topological polar surface area (TPSA) is 27.3 Å². The van der Waals surface area contributed by atoms with Gasteiger partial charge in [-0.25, -0.2) is 0 Å². The Bertz CT molecular complexity index is 299. The zero-order valence-corrected chi connectivity index (χ0v) is 10.6. The third-order valence-electron chi connectivity index (χ3n) is 2.65. The molecule has 90 valence electrons. The number of likely N-dealkylation sites (N-methyl/N-ethyl adjacent to an activating group) is 2. The van der Waals surface area contributed by atoms with Gasteiger partial charge in [-0.3, -0.25) is 0 Å². The van der Waals surface area contributed by atoms with Crippen molar-refractivity contribution in [3.8, 4) is 0 Å². The summed E-state index contributed by atoms with van der Waals surface area (Å²) in [5.74, 6) is 0. The molecule has 0 fully saturated rings. The summed E-state index contributed by atoms with van der Waals surface area (Å²) in [6.07, 6.45) is 0. The van der Waals surface area contributed by atoms with Gasteiger partial charge >= 0.3 is 0 Å². The van der Waals surface area contributed by atoms with E-state index in [0.717, 1.165) is 26.2 Å². The number of nitrogens with zero attached hydrogens (tertiary/aromatic N) is 1. The van der Waals surface area contributed by atoms with E-state index in [2.05, 4.69) is 53.8 Å². The lowest BCUT2D eigenvalue weighted by Crippen LogP contribution is -2.28. The number of hydrogen-bond donors (Lipinski definition) is 2. The summed E-state index contributed by atoms with van der Waals surface area (Å²) in [4.78, 5) is 2.33. The van der Waals surface area contributed by atoms with Crippen molar-refractivity contribution in [1.29, 1.82) is 0 Å². The molecule has 0 bridgehead atoms. The van der Waals surface area contributed by atoms with Crippen molar-refractivity contribution in [2.75, 3.05) is 39.0 Å². The second-order valence-electron chi connectivity index (χ2n) is 4.00. The first-order valence-corrected chi connectivity index (χ1v) is 5.92. The average Bonchev–Trinajstić information content (AvgIpc) is 2.30. The van der Waals surface area contributed by atoms with Crippen molar-refractivity contribution < 1.29 is 0 Å². The number of anilines is 1. The van der Waals surface area contributed by atoms with E-state index in [-0.39, 0.29) is 0 Å². The fourth-order valence-electron chi connectivity index (χ4n) is 1.72. The molecule has 2 N–H and O–H groups in total. The van der Waals surface area contributed by atoms with Crippen molar-refractivity contribution in [2.45, 2.75) is 13.5 Å². The minimum absolute atomic E-state index is 0.988. The highest BCUT2D eigenvalue weighted by Gasteiger charge is 2.03. The quantitative estimate of drug-likeness (QED) is 0.687. The summed E-state index contributed by atoms with van der Waals surface area (Å²) in [6.45, 7) is 6.29. The maximum atomic E-state index is 3.34. The Morgan fingerprint density at radius 3 is 2.69 bits per heavy atom. The van der Waals surface area contributed by atoms with Crippen molar-refractivity contribution >= 4 is 5.69 Å². The normalized spacial score (nSPS) is 10.8. The number of benzene rings is 1. The van der Waals surface area contributed by atoms with Crippen LogP contribution in [0.2, 0.25) is 0 Å². The summed E-state index contributed by atoms with van der Waals surface area (Å²) in [5.41, 5.74) is 2.57. The number of nitrogens with one attached hydrogen (secondary N) is 2. The SMILES string of the molecule is CCNCCN(C)Cc1ccccc1NC. The second kappa shape index (κ2) is 7.25. The van der Waals surface area contributed by atoms with Crippen molar-refractivity contribution in [3.63, 3.8) is 0 Å². The van der Waals surface area contributed by atoms with Crippen LogP contribution in [-0.2, 0) is 6.54 Å². The molecule has 0 saturated heterocycles. The molecule has 0 aliphatic heterocycles. The highest BCUT2D eigenvalue weighted by atomic mass is 15.1. The van der Waals surface area contributed by atoms with Crippen molar-refractivity contribution in [1.82, 2.24) is 10.2 Å². The molecule has 3 nitrogen and oxygen atoms in total. The number of hydrogen-bond acceptors (Lipinski definition) is 3. The van der Waals surface area contributed by atoms with Crippen LogP contribution in [0.25, 0.3) is 0 Å². The van der Waals surface area contributed by atoms with Gasteiger partial charge in [0.15, 0.2) is 0 Å². The predicted molar refractivity (Wildman–Crippen MR) is 70.9 cm³/mol. The summed E-state index contributed by atoms with van der Waals surface area (Å²) >= 11 is 0. The summed E-state index contributed by atoms with van der Waals surface area (Å²) in [5, 5.41) is 6.56. The number of para-hydroxylation sites is 1. The lowest BCUT2D eigenvalue weighted by Gasteiger charge is -2.18. The molecule has 0 heterocycles. The van der Waals surface area contributed by atoms with E-state index in [0.29, 0.717) is 0 Å². The molecule has 0 aliphatic rings. The van der Waals surface area contributed by atoms with Gasteiger partial charge in [0.2, 0.25) is 0 Å². The maximum absolute atomic E-state index is 3.34. The Balaban J connectivity index is 2.45. The van der Waals surface area contributed by atoms with Gasteiger partial charge in [0.05, 0.1) is 0 Å². The fraction of sp³-hybridized carbons (Fsp3) is 0.538. The summed E-state index contributed by atoms with van der Waals surface area (Å²) < 4.78 is 0.